The van der Waals surface area contributed by atoms with Gasteiger partial charge in [-0.2, -0.15) is 5.10 Å². The molecule has 2 aliphatic heterocycles. The first-order chi connectivity index (χ1) is 25.7. The molecule has 1 atom stereocenters. The number of rotatable bonds is 7. The summed E-state index contributed by atoms with van der Waals surface area (Å²) in [5.74, 6) is -0.265. The van der Waals surface area contributed by atoms with Crippen LogP contribution in [0, 0.1) is 6.92 Å². The van der Waals surface area contributed by atoms with Crippen LogP contribution in [-0.2, 0) is 21.6 Å². The van der Waals surface area contributed by atoms with Gasteiger partial charge in [0.25, 0.3) is 5.91 Å². The molecular weight excluding hydrogens is 683 g/mol. The zero-order valence-corrected chi connectivity index (χ0v) is 32.4. The Morgan fingerprint density at radius 3 is 2.31 bits per heavy atom. The van der Waals surface area contributed by atoms with Crippen molar-refractivity contribution < 1.29 is 19.1 Å². The summed E-state index contributed by atoms with van der Waals surface area (Å²) in [6.45, 7) is 17.5. The van der Waals surface area contributed by atoms with Gasteiger partial charge < -0.3 is 24.6 Å². The Labute approximate surface area is 316 Å². The summed E-state index contributed by atoms with van der Waals surface area (Å²) in [7, 11) is 0. The van der Waals surface area contributed by atoms with E-state index in [4.69, 9.17) is 19.6 Å². The number of ether oxygens (including phenoxy) is 2. The number of anilines is 1. The fraction of sp³-hybridized carbons (Fsp3) is 0.463. The largest absolute Gasteiger partial charge is 0.444 e. The van der Waals surface area contributed by atoms with Gasteiger partial charge in [0.15, 0.2) is 17.6 Å². The molecule has 7 rings (SSSR count). The molecule has 5 aromatic rings. The number of hydrogen-bond acceptors (Lipinski definition) is 9. The fourth-order valence-electron chi connectivity index (χ4n) is 6.85. The zero-order valence-electron chi connectivity index (χ0n) is 32.4. The third-order valence-electron chi connectivity index (χ3n) is 9.94. The quantitative estimate of drug-likeness (QED) is 0.186. The Balaban J connectivity index is 1.11. The lowest BCUT2D eigenvalue weighted by Gasteiger charge is -2.36. The lowest BCUT2D eigenvalue weighted by molar-refractivity contribution is -0.0368. The molecule has 3 aromatic heterocycles. The van der Waals surface area contributed by atoms with Crippen LogP contribution in [-0.4, -0.2) is 85.0 Å². The van der Waals surface area contributed by atoms with E-state index in [1.807, 2.05) is 65.4 Å². The second kappa shape index (κ2) is 14.8. The summed E-state index contributed by atoms with van der Waals surface area (Å²) < 4.78 is 15.4. The lowest BCUT2D eigenvalue weighted by atomic mass is 10.0. The van der Waals surface area contributed by atoms with E-state index in [-0.39, 0.29) is 29.5 Å². The van der Waals surface area contributed by atoms with Crippen molar-refractivity contribution >= 4 is 28.7 Å². The minimum Gasteiger partial charge on any atom is -0.444 e. The van der Waals surface area contributed by atoms with Gasteiger partial charge in [0, 0.05) is 67.7 Å². The van der Waals surface area contributed by atoms with Crippen molar-refractivity contribution in [2.45, 2.75) is 91.6 Å². The molecule has 5 heterocycles. The van der Waals surface area contributed by atoms with Crippen molar-refractivity contribution in [3.8, 4) is 22.4 Å². The van der Waals surface area contributed by atoms with Crippen molar-refractivity contribution in [2.75, 3.05) is 37.7 Å². The van der Waals surface area contributed by atoms with Crippen molar-refractivity contribution in [1.29, 1.82) is 0 Å². The second-order valence-corrected chi connectivity index (χ2v) is 16.3. The first-order valence-corrected chi connectivity index (χ1v) is 18.9. The number of hydrogen-bond donors (Lipinski definition) is 1. The van der Waals surface area contributed by atoms with Gasteiger partial charge in [0.05, 0.1) is 11.7 Å². The van der Waals surface area contributed by atoms with Gasteiger partial charge in [-0.3, -0.25) is 4.79 Å². The van der Waals surface area contributed by atoms with Crippen LogP contribution >= 0.6 is 0 Å². The van der Waals surface area contributed by atoms with E-state index in [9.17, 15) is 9.59 Å². The van der Waals surface area contributed by atoms with E-state index in [1.165, 1.54) is 0 Å². The molecule has 0 radical (unpaired) electrons. The van der Waals surface area contributed by atoms with Crippen molar-refractivity contribution in [3.63, 3.8) is 0 Å². The molecule has 13 heteroatoms. The Morgan fingerprint density at radius 2 is 1.67 bits per heavy atom. The normalized spacial score (nSPS) is 16.8. The van der Waals surface area contributed by atoms with Gasteiger partial charge in [-0.25, -0.2) is 19.1 Å². The van der Waals surface area contributed by atoms with Crippen molar-refractivity contribution in [3.05, 3.63) is 77.7 Å². The summed E-state index contributed by atoms with van der Waals surface area (Å²) in [4.78, 5) is 34.5. The molecular formula is C41H51N9O4. The standard InChI is InChI=1S/C41H51N9O4/c1-27-22-29(11-12-30(27)24-43-38(51)34-26-49(46-44-34)40(2,3)4)36-33-23-31(25-42-37(33)50(45-36)35-10-8-9-21-53-35)28-13-15-32(16-14-28)47-17-19-48(20-18-47)39(52)54-41(5,6)7/h11-16,22-23,25-26,35H,8-10,17-21,24H2,1-7H3,(H,43,51). The highest BCUT2D eigenvalue weighted by Gasteiger charge is 2.27. The maximum atomic E-state index is 12.9. The SMILES string of the molecule is Cc1cc(-c2nn(C3CCCCO3)c3ncc(-c4ccc(N5CCN(C(=O)OC(C)(C)C)CC5)cc4)cc23)ccc1CNC(=O)c1cn(C(C)(C)C)nn1. The molecule has 0 aliphatic carbocycles. The summed E-state index contributed by atoms with van der Waals surface area (Å²) in [5.41, 5.74) is 7.31. The second-order valence-electron chi connectivity index (χ2n) is 16.3. The third-order valence-corrected chi connectivity index (χ3v) is 9.94. The topological polar surface area (TPSA) is 133 Å². The number of carbonyl (C=O) groups is 2. The molecule has 1 unspecified atom stereocenters. The lowest BCUT2D eigenvalue weighted by Crippen LogP contribution is -2.50. The van der Waals surface area contributed by atoms with Crippen LogP contribution in [0.3, 0.4) is 0 Å². The van der Waals surface area contributed by atoms with E-state index < -0.39 is 5.60 Å². The Bertz CT molecular complexity index is 2130. The van der Waals surface area contributed by atoms with Crippen LogP contribution < -0.4 is 10.2 Å². The van der Waals surface area contributed by atoms with Crippen LogP contribution in [0.15, 0.2) is 60.9 Å². The average molecular weight is 734 g/mol. The van der Waals surface area contributed by atoms with Gasteiger partial charge in [-0.1, -0.05) is 29.5 Å². The minimum absolute atomic E-state index is 0.171. The van der Waals surface area contributed by atoms with E-state index in [0.29, 0.717) is 26.2 Å². The predicted molar refractivity (Wildman–Crippen MR) is 208 cm³/mol. The highest BCUT2D eigenvalue weighted by Crippen LogP contribution is 2.35. The molecule has 2 amide bonds. The molecule has 0 spiro atoms. The van der Waals surface area contributed by atoms with Gasteiger partial charge >= 0.3 is 6.09 Å². The Morgan fingerprint density at radius 1 is 0.926 bits per heavy atom. The highest BCUT2D eigenvalue weighted by molar-refractivity contribution is 5.94. The van der Waals surface area contributed by atoms with Crippen LogP contribution in [0.25, 0.3) is 33.4 Å². The average Bonchev–Trinajstić information content (AvgIpc) is 3.81. The number of nitrogens with zero attached hydrogens (tertiary/aromatic N) is 8. The number of nitrogens with one attached hydrogen (secondary N) is 1. The zero-order chi connectivity index (χ0) is 38.2. The predicted octanol–water partition coefficient (Wildman–Crippen LogP) is 7.11. The highest BCUT2D eigenvalue weighted by atomic mass is 16.6. The van der Waals surface area contributed by atoms with E-state index in [2.05, 4.69) is 63.0 Å². The van der Waals surface area contributed by atoms with Gasteiger partial charge in [-0.15, -0.1) is 5.10 Å². The Kier molecular flexibility index (Phi) is 10.2. The maximum absolute atomic E-state index is 12.9. The molecule has 2 fully saturated rings. The first-order valence-electron chi connectivity index (χ1n) is 18.9. The monoisotopic (exact) mass is 733 g/mol. The smallest absolute Gasteiger partial charge is 0.410 e. The molecule has 2 saturated heterocycles. The molecule has 0 bridgehead atoms. The molecule has 2 aromatic carbocycles. The van der Waals surface area contributed by atoms with Gasteiger partial charge in [0.2, 0.25) is 0 Å². The fourth-order valence-corrected chi connectivity index (χ4v) is 6.85. The summed E-state index contributed by atoms with van der Waals surface area (Å²) in [6.07, 6.45) is 6.17. The number of aryl methyl sites for hydroxylation is 1. The van der Waals surface area contributed by atoms with E-state index in [1.54, 1.807) is 15.8 Å². The molecule has 13 nitrogen and oxygen atoms in total. The summed E-state index contributed by atoms with van der Waals surface area (Å²) in [6, 6.07) is 16.9. The van der Waals surface area contributed by atoms with Crippen LogP contribution in [0.5, 0.6) is 0 Å². The molecule has 2 aliphatic rings. The number of carbonyl (C=O) groups excluding carboxylic acids is 2. The number of benzene rings is 2. The summed E-state index contributed by atoms with van der Waals surface area (Å²) >= 11 is 0. The maximum Gasteiger partial charge on any atom is 0.410 e. The van der Waals surface area contributed by atoms with Gasteiger partial charge in [-0.05, 0) is 109 Å². The Hall–Kier alpha value is -5.30. The van der Waals surface area contributed by atoms with Gasteiger partial charge in [0.1, 0.15) is 11.3 Å². The number of fused-ring (bicyclic) bond motifs is 1. The number of aromatic nitrogens is 6. The number of amides is 2. The first kappa shape index (κ1) is 37.0. The molecule has 54 heavy (non-hydrogen) atoms. The van der Waals surface area contributed by atoms with Crippen molar-refractivity contribution in [1.82, 2.24) is 40.0 Å². The number of piperazine rings is 1. The number of pyridine rings is 1. The molecule has 284 valence electrons. The van der Waals surface area contributed by atoms with E-state index in [0.717, 1.165) is 82.6 Å². The summed E-state index contributed by atoms with van der Waals surface area (Å²) in [5, 5.41) is 17.3. The molecule has 1 N–H and O–H groups in total. The van der Waals surface area contributed by atoms with Crippen LogP contribution in [0.1, 0.15) is 88.6 Å². The third kappa shape index (κ3) is 8.10. The van der Waals surface area contributed by atoms with Crippen molar-refractivity contribution in [2.24, 2.45) is 0 Å². The van der Waals surface area contributed by atoms with E-state index >= 15 is 0 Å². The van der Waals surface area contributed by atoms with Crippen LogP contribution in [0.4, 0.5) is 10.5 Å². The van der Waals surface area contributed by atoms with Crippen LogP contribution in [0.2, 0.25) is 0 Å². The minimum atomic E-state index is -0.508. The molecule has 0 saturated carbocycles.